The highest BCUT2D eigenvalue weighted by Gasteiger charge is 2.42. The van der Waals surface area contributed by atoms with E-state index in [4.69, 9.17) is 4.74 Å². The standard InChI is InChI=1S/C21H22F4N4O3/c22-16-3-1-2-4-17(16)29-18(21(23,24)25)15(13-26-29)20(31)27-7-5-14(6-8-27)19(30)28-9-11-32-12-10-28/h1-4,13-14H,5-12H2. The molecule has 2 aromatic rings. The Balaban J connectivity index is 1.52. The van der Waals surface area contributed by atoms with Crippen LogP contribution in [0.1, 0.15) is 28.9 Å². The van der Waals surface area contributed by atoms with Crippen molar-refractivity contribution in [2.75, 3.05) is 39.4 Å². The van der Waals surface area contributed by atoms with Crippen LogP contribution in [-0.4, -0.2) is 70.8 Å². The summed E-state index contributed by atoms with van der Waals surface area (Å²) in [6, 6.07) is 4.92. The van der Waals surface area contributed by atoms with Gasteiger partial charge in [-0.3, -0.25) is 9.59 Å². The van der Waals surface area contributed by atoms with Gasteiger partial charge in [0.1, 0.15) is 11.5 Å². The van der Waals surface area contributed by atoms with Gasteiger partial charge in [-0.25, -0.2) is 9.07 Å². The molecule has 2 amide bonds. The number of para-hydroxylation sites is 1. The summed E-state index contributed by atoms with van der Waals surface area (Å²) in [5, 5.41) is 3.67. The molecule has 1 aromatic heterocycles. The number of halogens is 4. The molecule has 0 atom stereocenters. The number of aromatic nitrogens is 2. The van der Waals surface area contributed by atoms with E-state index in [2.05, 4.69) is 5.10 Å². The molecule has 4 rings (SSSR count). The summed E-state index contributed by atoms with van der Waals surface area (Å²) in [5.41, 5.74) is -2.36. The molecule has 7 nitrogen and oxygen atoms in total. The number of carbonyl (C=O) groups excluding carboxylic acids is 2. The molecule has 11 heteroatoms. The second-order valence-corrected chi connectivity index (χ2v) is 7.77. The summed E-state index contributed by atoms with van der Waals surface area (Å²) in [7, 11) is 0. The second kappa shape index (κ2) is 8.89. The molecule has 0 saturated carbocycles. The monoisotopic (exact) mass is 454 g/mol. The molecule has 2 aliphatic heterocycles. The Morgan fingerprint density at radius 2 is 1.66 bits per heavy atom. The topological polar surface area (TPSA) is 67.7 Å². The number of amides is 2. The number of nitrogens with zero attached hydrogens (tertiary/aromatic N) is 4. The zero-order valence-electron chi connectivity index (χ0n) is 17.1. The molecular weight excluding hydrogens is 432 g/mol. The summed E-state index contributed by atoms with van der Waals surface area (Å²) in [6.07, 6.45) is -3.37. The van der Waals surface area contributed by atoms with Gasteiger partial charge in [-0.1, -0.05) is 12.1 Å². The lowest BCUT2D eigenvalue weighted by molar-refractivity contribution is -0.143. The Hall–Kier alpha value is -2.95. The van der Waals surface area contributed by atoms with E-state index in [0.717, 1.165) is 18.3 Å². The van der Waals surface area contributed by atoms with Crippen molar-refractivity contribution in [2.24, 2.45) is 5.92 Å². The molecule has 0 spiro atoms. The van der Waals surface area contributed by atoms with E-state index < -0.39 is 34.8 Å². The predicted octanol–water partition coefficient (Wildman–Crippen LogP) is 2.74. The van der Waals surface area contributed by atoms with E-state index in [1.54, 1.807) is 4.90 Å². The highest BCUT2D eigenvalue weighted by Crippen LogP contribution is 2.35. The van der Waals surface area contributed by atoms with Crippen LogP contribution in [0.2, 0.25) is 0 Å². The third kappa shape index (κ3) is 4.34. The first kappa shape index (κ1) is 22.3. The van der Waals surface area contributed by atoms with E-state index in [9.17, 15) is 27.2 Å². The molecule has 0 aliphatic carbocycles. The number of rotatable bonds is 3. The van der Waals surface area contributed by atoms with Crippen LogP contribution in [0.4, 0.5) is 17.6 Å². The number of morpholine rings is 1. The van der Waals surface area contributed by atoms with Gasteiger partial charge in [0.2, 0.25) is 5.91 Å². The van der Waals surface area contributed by atoms with Gasteiger partial charge in [0, 0.05) is 32.1 Å². The molecule has 172 valence electrons. The molecule has 3 heterocycles. The zero-order valence-corrected chi connectivity index (χ0v) is 17.1. The molecule has 2 aliphatic rings. The summed E-state index contributed by atoms with van der Waals surface area (Å²) in [6.45, 7) is 2.30. The van der Waals surface area contributed by atoms with Crippen LogP contribution in [0.15, 0.2) is 30.5 Å². The molecule has 32 heavy (non-hydrogen) atoms. The number of carbonyl (C=O) groups is 2. The van der Waals surface area contributed by atoms with Crippen LogP contribution in [-0.2, 0) is 15.7 Å². The summed E-state index contributed by atoms with van der Waals surface area (Å²) in [5.74, 6) is -2.01. The minimum Gasteiger partial charge on any atom is -0.378 e. The van der Waals surface area contributed by atoms with Gasteiger partial charge >= 0.3 is 6.18 Å². The van der Waals surface area contributed by atoms with Gasteiger partial charge in [-0.2, -0.15) is 18.3 Å². The first-order valence-corrected chi connectivity index (χ1v) is 10.3. The van der Waals surface area contributed by atoms with E-state index in [1.807, 2.05) is 0 Å². The summed E-state index contributed by atoms with van der Waals surface area (Å²) in [4.78, 5) is 28.6. The smallest absolute Gasteiger partial charge is 0.378 e. The lowest BCUT2D eigenvalue weighted by Gasteiger charge is -2.35. The normalized spacial score (nSPS) is 18.1. The number of hydrogen-bond donors (Lipinski definition) is 0. The lowest BCUT2D eigenvalue weighted by Crippen LogP contribution is -2.47. The highest BCUT2D eigenvalue weighted by molar-refractivity contribution is 5.95. The van der Waals surface area contributed by atoms with Gasteiger partial charge < -0.3 is 14.5 Å². The molecule has 0 radical (unpaired) electrons. The molecule has 1 aromatic carbocycles. The Morgan fingerprint density at radius 1 is 1.00 bits per heavy atom. The third-order valence-electron chi connectivity index (χ3n) is 5.80. The van der Waals surface area contributed by atoms with Crippen molar-refractivity contribution >= 4 is 11.8 Å². The number of piperidine rings is 1. The average molecular weight is 454 g/mol. The average Bonchev–Trinajstić information content (AvgIpc) is 3.25. The maximum absolute atomic E-state index is 14.1. The van der Waals surface area contributed by atoms with Gasteiger partial charge in [0.25, 0.3) is 5.91 Å². The maximum Gasteiger partial charge on any atom is 0.434 e. The zero-order chi connectivity index (χ0) is 22.9. The fourth-order valence-corrected chi connectivity index (χ4v) is 4.13. The van der Waals surface area contributed by atoms with Crippen LogP contribution in [0.3, 0.4) is 0 Å². The van der Waals surface area contributed by atoms with Crippen molar-refractivity contribution in [2.45, 2.75) is 19.0 Å². The molecule has 0 unspecified atom stereocenters. The SMILES string of the molecule is O=C(c1cnn(-c2ccccc2F)c1C(F)(F)F)N1CCC(C(=O)N2CCOCC2)CC1. The van der Waals surface area contributed by atoms with Crippen LogP contribution in [0.25, 0.3) is 5.69 Å². The predicted molar refractivity (Wildman–Crippen MR) is 105 cm³/mol. The molecule has 0 N–H and O–H groups in total. The number of likely N-dealkylation sites (tertiary alicyclic amines) is 1. The van der Waals surface area contributed by atoms with E-state index in [0.29, 0.717) is 43.8 Å². The van der Waals surface area contributed by atoms with E-state index in [1.165, 1.54) is 17.0 Å². The van der Waals surface area contributed by atoms with Crippen molar-refractivity contribution in [1.29, 1.82) is 0 Å². The van der Waals surface area contributed by atoms with E-state index >= 15 is 0 Å². The van der Waals surface area contributed by atoms with Crippen molar-refractivity contribution < 1.29 is 31.9 Å². The fraction of sp³-hybridized carbons (Fsp3) is 0.476. The Labute approximate surface area is 181 Å². The summed E-state index contributed by atoms with van der Waals surface area (Å²) >= 11 is 0. The van der Waals surface area contributed by atoms with Crippen LogP contribution in [0, 0.1) is 11.7 Å². The van der Waals surface area contributed by atoms with Crippen molar-refractivity contribution in [3.8, 4) is 5.69 Å². The minimum atomic E-state index is -4.92. The van der Waals surface area contributed by atoms with Crippen molar-refractivity contribution in [3.63, 3.8) is 0 Å². The second-order valence-electron chi connectivity index (χ2n) is 7.77. The van der Waals surface area contributed by atoms with Crippen LogP contribution in [0.5, 0.6) is 0 Å². The van der Waals surface area contributed by atoms with Crippen molar-refractivity contribution in [1.82, 2.24) is 19.6 Å². The van der Waals surface area contributed by atoms with Gasteiger partial charge in [-0.15, -0.1) is 0 Å². The Morgan fingerprint density at radius 3 is 2.28 bits per heavy atom. The fourth-order valence-electron chi connectivity index (χ4n) is 4.13. The first-order chi connectivity index (χ1) is 15.3. The quantitative estimate of drug-likeness (QED) is 0.669. The van der Waals surface area contributed by atoms with Crippen LogP contribution >= 0.6 is 0 Å². The Bertz CT molecular complexity index is 993. The molecular formula is C21H22F4N4O3. The highest BCUT2D eigenvalue weighted by atomic mass is 19.4. The number of alkyl halides is 3. The van der Waals surface area contributed by atoms with Gasteiger partial charge in [-0.05, 0) is 25.0 Å². The molecule has 2 saturated heterocycles. The number of ether oxygens (including phenoxy) is 1. The summed E-state index contributed by atoms with van der Waals surface area (Å²) < 4.78 is 61.3. The van der Waals surface area contributed by atoms with E-state index in [-0.39, 0.29) is 24.9 Å². The Kier molecular flexibility index (Phi) is 6.18. The lowest BCUT2D eigenvalue weighted by atomic mass is 9.94. The number of benzene rings is 1. The third-order valence-corrected chi connectivity index (χ3v) is 5.80. The van der Waals surface area contributed by atoms with Crippen LogP contribution < -0.4 is 0 Å². The van der Waals surface area contributed by atoms with Crippen molar-refractivity contribution in [3.05, 3.63) is 47.5 Å². The first-order valence-electron chi connectivity index (χ1n) is 10.3. The largest absolute Gasteiger partial charge is 0.434 e. The molecule has 0 bridgehead atoms. The van der Waals surface area contributed by atoms with Gasteiger partial charge in [0.05, 0.1) is 25.0 Å². The minimum absolute atomic E-state index is 0.0104. The maximum atomic E-state index is 14.1. The number of hydrogen-bond acceptors (Lipinski definition) is 4. The molecule has 2 fully saturated rings. The van der Waals surface area contributed by atoms with Gasteiger partial charge in [0.15, 0.2) is 5.69 Å².